The van der Waals surface area contributed by atoms with Gasteiger partial charge in [-0.3, -0.25) is 4.90 Å². The van der Waals surface area contributed by atoms with Crippen molar-refractivity contribution in [3.63, 3.8) is 0 Å². The number of anilines is 2. The number of carbonyl (C=O) groups excluding carboxylic acids is 1. The molecule has 0 radical (unpaired) electrons. The monoisotopic (exact) mass is 315 g/mol. The summed E-state index contributed by atoms with van der Waals surface area (Å²) in [5, 5.41) is 2.67. The number of carbonyl (C=O) groups is 1. The van der Waals surface area contributed by atoms with Crippen molar-refractivity contribution >= 4 is 17.4 Å². The highest BCUT2D eigenvalue weighted by molar-refractivity contribution is 5.92. The first-order chi connectivity index (χ1) is 11.2. The SMILES string of the molecule is CCN(C(=O)NC)c1ccc2c(c1)N(Cc1c[nH]cn1)CCO2. The molecule has 0 fully saturated rings. The highest BCUT2D eigenvalue weighted by Gasteiger charge is 2.21. The van der Waals surface area contributed by atoms with Gasteiger partial charge >= 0.3 is 6.03 Å². The Hall–Kier alpha value is -2.70. The second-order valence-corrected chi connectivity index (χ2v) is 5.28. The van der Waals surface area contributed by atoms with E-state index in [0.29, 0.717) is 19.7 Å². The maximum atomic E-state index is 12.0. The predicted molar refractivity (Wildman–Crippen MR) is 89.1 cm³/mol. The van der Waals surface area contributed by atoms with E-state index in [1.807, 2.05) is 31.3 Å². The minimum absolute atomic E-state index is 0.122. The molecule has 0 aliphatic carbocycles. The fourth-order valence-corrected chi connectivity index (χ4v) is 2.74. The number of nitrogens with zero attached hydrogens (tertiary/aromatic N) is 3. The van der Waals surface area contributed by atoms with E-state index in [1.54, 1.807) is 18.3 Å². The second-order valence-electron chi connectivity index (χ2n) is 5.28. The first kappa shape index (κ1) is 15.2. The summed E-state index contributed by atoms with van der Waals surface area (Å²) in [5.41, 5.74) is 2.81. The van der Waals surface area contributed by atoms with Crippen LogP contribution in [0.1, 0.15) is 12.6 Å². The number of rotatable bonds is 4. The van der Waals surface area contributed by atoms with E-state index in [4.69, 9.17) is 4.74 Å². The Bertz CT molecular complexity index is 671. The third kappa shape index (κ3) is 3.08. The number of aromatic amines is 1. The van der Waals surface area contributed by atoms with Gasteiger partial charge in [-0.25, -0.2) is 9.78 Å². The highest BCUT2D eigenvalue weighted by atomic mass is 16.5. The molecule has 0 bridgehead atoms. The van der Waals surface area contributed by atoms with E-state index in [0.717, 1.165) is 29.4 Å². The van der Waals surface area contributed by atoms with E-state index in [9.17, 15) is 4.79 Å². The summed E-state index contributed by atoms with van der Waals surface area (Å²) in [7, 11) is 1.64. The Morgan fingerprint density at radius 1 is 1.52 bits per heavy atom. The van der Waals surface area contributed by atoms with E-state index in [2.05, 4.69) is 20.2 Å². The van der Waals surface area contributed by atoms with Crippen molar-refractivity contribution in [1.82, 2.24) is 15.3 Å². The molecular formula is C16H21N5O2. The molecule has 1 aromatic carbocycles. The number of urea groups is 1. The number of hydrogen-bond donors (Lipinski definition) is 2. The molecule has 122 valence electrons. The predicted octanol–water partition coefficient (Wildman–Crippen LogP) is 1.97. The van der Waals surface area contributed by atoms with Crippen molar-refractivity contribution in [2.45, 2.75) is 13.5 Å². The molecule has 2 amide bonds. The number of aromatic nitrogens is 2. The van der Waals surface area contributed by atoms with Crippen LogP contribution in [0.15, 0.2) is 30.7 Å². The van der Waals surface area contributed by atoms with Gasteiger partial charge in [0.25, 0.3) is 0 Å². The Morgan fingerprint density at radius 3 is 3.09 bits per heavy atom. The van der Waals surface area contributed by atoms with Crippen LogP contribution in [0.5, 0.6) is 5.75 Å². The van der Waals surface area contributed by atoms with Crippen LogP contribution in [-0.4, -0.2) is 42.7 Å². The van der Waals surface area contributed by atoms with Gasteiger partial charge in [-0.15, -0.1) is 0 Å². The summed E-state index contributed by atoms with van der Waals surface area (Å²) in [6, 6.07) is 5.71. The number of hydrogen-bond acceptors (Lipinski definition) is 4. The lowest BCUT2D eigenvalue weighted by Crippen LogP contribution is -2.38. The van der Waals surface area contributed by atoms with Crippen LogP contribution in [0.3, 0.4) is 0 Å². The number of H-pyrrole nitrogens is 1. The fourth-order valence-electron chi connectivity index (χ4n) is 2.74. The quantitative estimate of drug-likeness (QED) is 0.905. The van der Waals surface area contributed by atoms with Crippen LogP contribution in [-0.2, 0) is 6.54 Å². The van der Waals surface area contributed by atoms with E-state index in [1.165, 1.54) is 0 Å². The number of benzene rings is 1. The van der Waals surface area contributed by atoms with Crippen LogP contribution in [0, 0.1) is 0 Å². The van der Waals surface area contributed by atoms with Gasteiger partial charge in [0.05, 0.1) is 30.8 Å². The first-order valence-electron chi connectivity index (χ1n) is 7.71. The summed E-state index contributed by atoms with van der Waals surface area (Å²) in [4.78, 5) is 23.2. The van der Waals surface area contributed by atoms with E-state index >= 15 is 0 Å². The van der Waals surface area contributed by atoms with Gasteiger partial charge in [-0.1, -0.05) is 0 Å². The van der Waals surface area contributed by atoms with Gasteiger partial charge in [-0.2, -0.15) is 0 Å². The van der Waals surface area contributed by atoms with Crippen LogP contribution in [0.2, 0.25) is 0 Å². The lowest BCUT2D eigenvalue weighted by Gasteiger charge is -2.32. The number of fused-ring (bicyclic) bond motifs is 1. The summed E-state index contributed by atoms with van der Waals surface area (Å²) < 4.78 is 5.74. The normalized spacial score (nSPS) is 13.2. The second kappa shape index (κ2) is 6.60. The molecule has 0 saturated heterocycles. The maximum absolute atomic E-state index is 12.0. The summed E-state index contributed by atoms with van der Waals surface area (Å²) in [6.45, 7) is 4.68. The molecule has 1 aliphatic heterocycles. The van der Waals surface area contributed by atoms with Crippen molar-refractivity contribution in [2.24, 2.45) is 0 Å². The molecule has 2 heterocycles. The minimum atomic E-state index is -0.122. The number of ether oxygens (including phenoxy) is 1. The molecule has 1 aromatic heterocycles. The topological polar surface area (TPSA) is 73.5 Å². The van der Waals surface area contributed by atoms with Crippen molar-refractivity contribution in [3.8, 4) is 5.75 Å². The number of imidazole rings is 1. The molecule has 7 nitrogen and oxygen atoms in total. The number of amides is 2. The molecule has 0 unspecified atom stereocenters. The average molecular weight is 315 g/mol. The van der Waals surface area contributed by atoms with Crippen LogP contribution >= 0.6 is 0 Å². The molecule has 0 spiro atoms. The largest absolute Gasteiger partial charge is 0.490 e. The fraction of sp³-hybridized carbons (Fsp3) is 0.375. The minimum Gasteiger partial charge on any atom is -0.490 e. The van der Waals surface area contributed by atoms with E-state index < -0.39 is 0 Å². The molecule has 7 heteroatoms. The molecule has 2 N–H and O–H groups in total. The average Bonchev–Trinajstić information content (AvgIpc) is 3.09. The Balaban J connectivity index is 1.91. The summed E-state index contributed by atoms with van der Waals surface area (Å²) in [5.74, 6) is 0.837. The van der Waals surface area contributed by atoms with Crippen molar-refractivity contribution in [3.05, 3.63) is 36.4 Å². The summed E-state index contributed by atoms with van der Waals surface area (Å²) in [6.07, 6.45) is 3.57. The van der Waals surface area contributed by atoms with Gasteiger partial charge < -0.3 is 19.9 Å². The third-order valence-corrected chi connectivity index (χ3v) is 3.90. The Labute approximate surface area is 135 Å². The lowest BCUT2D eigenvalue weighted by atomic mass is 10.2. The first-order valence-corrected chi connectivity index (χ1v) is 7.71. The maximum Gasteiger partial charge on any atom is 0.321 e. The van der Waals surface area contributed by atoms with Gasteiger partial charge in [0.2, 0.25) is 0 Å². The highest BCUT2D eigenvalue weighted by Crippen LogP contribution is 2.36. The Morgan fingerprint density at radius 2 is 2.39 bits per heavy atom. The summed E-state index contributed by atoms with van der Waals surface area (Å²) >= 11 is 0. The van der Waals surface area contributed by atoms with Crippen LogP contribution < -0.4 is 19.9 Å². The molecule has 2 aromatic rings. The standard InChI is InChI=1S/C16H21N5O2/c1-3-21(16(22)17-2)13-4-5-15-14(8-13)20(6-7-23-15)10-12-9-18-11-19-12/h4-5,8-9,11H,3,6-7,10H2,1-2H3,(H,17,22)(H,18,19). The van der Waals surface area contributed by atoms with Crippen molar-refractivity contribution < 1.29 is 9.53 Å². The molecule has 0 saturated carbocycles. The van der Waals surface area contributed by atoms with Crippen LogP contribution in [0.25, 0.3) is 0 Å². The van der Waals surface area contributed by atoms with Crippen LogP contribution in [0.4, 0.5) is 16.2 Å². The van der Waals surface area contributed by atoms with Gasteiger partial charge in [-0.05, 0) is 25.1 Å². The zero-order chi connectivity index (χ0) is 16.2. The molecule has 23 heavy (non-hydrogen) atoms. The van der Waals surface area contributed by atoms with E-state index in [-0.39, 0.29) is 6.03 Å². The third-order valence-electron chi connectivity index (χ3n) is 3.90. The van der Waals surface area contributed by atoms with Gasteiger partial charge in [0.1, 0.15) is 12.4 Å². The molecule has 3 rings (SSSR count). The molecule has 0 atom stereocenters. The van der Waals surface area contributed by atoms with Crippen molar-refractivity contribution in [2.75, 3.05) is 36.5 Å². The zero-order valence-corrected chi connectivity index (χ0v) is 13.4. The smallest absolute Gasteiger partial charge is 0.321 e. The lowest BCUT2D eigenvalue weighted by molar-refractivity contribution is 0.248. The molecular weight excluding hydrogens is 294 g/mol. The van der Waals surface area contributed by atoms with Crippen molar-refractivity contribution in [1.29, 1.82) is 0 Å². The molecule has 1 aliphatic rings. The number of nitrogens with one attached hydrogen (secondary N) is 2. The zero-order valence-electron chi connectivity index (χ0n) is 13.4. The van der Waals surface area contributed by atoms with Gasteiger partial charge in [0.15, 0.2) is 0 Å². The Kier molecular flexibility index (Phi) is 4.36. The van der Waals surface area contributed by atoms with Gasteiger partial charge in [0, 0.05) is 25.5 Å².